The van der Waals surface area contributed by atoms with Crippen molar-refractivity contribution in [3.05, 3.63) is 35.7 Å². The molecule has 2 saturated heterocycles. The Kier molecular flexibility index (Phi) is 37.3. The molecule has 5 heterocycles. The van der Waals surface area contributed by atoms with Gasteiger partial charge in [-0.1, -0.05) is 15.6 Å². The van der Waals surface area contributed by atoms with Gasteiger partial charge in [-0.05, 0) is 32.1 Å². The Bertz CT molecular complexity index is 2290. The van der Waals surface area contributed by atoms with E-state index in [4.69, 9.17) is 57.8 Å². The van der Waals surface area contributed by atoms with Crippen LogP contribution < -0.4 is 21.7 Å². The second-order valence-corrected chi connectivity index (χ2v) is 23.9. The summed E-state index contributed by atoms with van der Waals surface area (Å²) < 4.78 is 66.0. The lowest BCUT2D eigenvalue weighted by Crippen LogP contribution is -2.52. The highest BCUT2D eigenvalue weighted by atomic mass is 16.6. The van der Waals surface area contributed by atoms with Gasteiger partial charge in [0.05, 0.1) is 201 Å². The SMILES string of the molecule is NC(CCC(=O)NCCOCCOCCOCc1cn(C[C@@H]2CO[C@H](CO)[C@H](O)[C@@H]2O)nn1)(CCC(=O)NCCOCCOCCOCc1cn(C[C@@H]2CO[C@H](CO)[C@H](O)[C@@H]2O)nn1)CCC(=O)NCCOCCOCCOCc1cn(C[C@@H]2CC[C@H](CO)[C@H](O)[C@@H]2O)nn1. The van der Waals surface area contributed by atoms with E-state index in [0.29, 0.717) is 82.7 Å². The third kappa shape index (κ3) is 29.5. The molecule has 1 saturated carbocycles. The monoisotopic (exact) mass is 1360 g/mol. The summed E-state index contributed by atoms with van der Waals surface area (Å²) in [6.45, 7) is 5.72. The van der Waals surface area contributed by atoms with Crippen LogP contribution >= 0.6 is 0 Å². The maximum Gasteiger partial charge on any atom is 0.220 e. The van der Waals surface area contributed by atoms with Crippen LogP contribution in [0.25, 0.3) is 0 Å². The van der Waals surface area contributed by atoms with Crippen LogP contribution in [0.4, 0.5) is 0 Å². The second-order valence-electron chi connectivity index (χ2n) is 23.9. The van der Waals surface area contributed by atoms with Crippen LogP contribution in [0, 0.1) is 23.7 Å². The molecule has 36 heteroatoms. The summed E-state index contributed by atoms with van der Waals surface area (Å²) in [5, 5.41) is 123. The fourth-order valence-corrected chi connectivity index (χ4v) is 10.8. The molecule has 0 spiro atoms. The quantitative estimate of drug-likeness (QED) is 0.0234. The first-order chi connectivity index (χ1) is 46.1. The van der Waals surface area contributed by atoms with E-state index in [2.05, 4.69) is 46.9 Å². The third-order valence-electron chi connectivity index (χ3n) is 16.6. The summed E-state index contributed by atoms with van der Waals surface area (Å²) in [6, 6.07) is 0. The maximum absolute atomic E-state index is 13.0. The number of aromatic nitrogens is 9. The van der Waals surface area contributed by atoms with Gasteiger partial charge in [0.2, 0.25) is 17.7 Å². The van der Waals surface area contributed by atoms with Crippen LogP contribution in [0.15, 0.2) is 18.6 Å². The van der Waals surface area contributed by atoms with Crippen molar-refractivity contribution >= 4 is 17.7 Å². The van der Waals surface area contributed by atoms with Gasteiger partial charge in [0.15, 0.2) is 0 Å². The molecule has 12 atom stereocenters. The summed E-state index contributed by atoms with van der Waals surface area (Å²) in [5.41, 5.74) is 7.57. The number of nitrogens with one attached hydrogen (secondary N) is 3. The molecule has 542 valence electrons. The minimum atomic E-state index is -1.20. The topological polar surface area (TPSA) is 489 Å². The fourth-order valence-electron chi connectivity index (χ4n) is 10.8. The summed E-state index contributed by atoms with van der Waals surface area (Å²) in [4.78, 5) is 38.9. The molecule has 3 aromatic rings. The number of rotatable bonds is 51. The average Bonchev–Trinajstić information content (AvgIpc) is 1.83. The summed E-state index contributed by atoms with van der Waals surface area (Å²) in [7, 11) is 0. The molecule has 95 heavy (non-hydrogen) atoms. The van der Waals surface area contributed by atoms with Gasteiger partial charge in [0.25, 0.3) is 0 Å². The van der Waals surface area contributed by atoms with Crippen molar-refractivity contribution in [2.24, 2.45) is 29.4 Å². The average molecular weight is 1360 g/mol. The molecule has 0 aromatic carbocycles. The molecular formula is C59H103N13O23. The van der Waals surface area contributed by atoms with Crippen molar-refractivity contribution in [1.82, 2.24) is 60.9 Å². The first kappa shape index (κ1) is 79.0. The molecule has 3 amide bonds. The molecule has 14 N–H and O–H groups in total. The molecular weight excluding hydrogens is 1260 g/mol. The molecule has 0 bridgehead atoms. The lowest BCUT2D eigenvalue weighted by atomic mass is 9.78. The van der Waals surface area contributed by atoms with E-state index in [0.717, 1.165) is 0 Å². The summed E-state index contributed by atoms with van der Waals surface area (Å²) in [5.74, 6) is -2.21. The Balaban J connectivity index is 0.789. The molecule has 3 aromatic heterocycles. The number of nitrogens with zero attached hydrogens (tertiary/aromatic N) is 9. The van der Waals surface area contributed by atoms with Gasteiger partial charge >= 0.3 is 0 Å². The number of carbonyl (C=O) groups is 3. The van der Waals surface area contributed by atoms with E-state index in [1.54, 1.807) is 23.3 Å². The first-order valence-corrected chi connectivity index (χ1v) is 32.7. The minimum absolute atomic E-state index is 0.0434. The predicted molar refractivity (Wildman–Crippen MR) is 328 cm³/mol. The summed E-state index contributed by atoms with van der Waals surface area (Å²) in [6.07, 6.45) is -1.06. The minimum Gasteiger partial charge on any atom is -0.396 e. The second kappa shape index (κ2) is 44.8. The summed E-state index contributed by atoms with van der Waals surface area (Å²) >= 11 is 0. The highest BCUT2D eigenvalue weighted by Crippen LogP contribution is 2.31. The molecule has 0 radical (unpaired) electrons. The highest BCUT2D eigenvalue weighted by Gasteiger charge is 2.40. The molecule has 3 fully saturated rings. The Hall–Kier alpha value is -5.01. The molecule has 1 aliphatic carbocycles. The van der Waals surface area contributed by atoms with Crippen LogP contribution in [0.2, 0.25) is 0 Å². The van der Waals surface area contributed by atoms with Crippen LogP contribution in [0.3, 0.4) is 0 Å². The zero-order chi connectivity index (χ0) is 68.1. The number of ether oxygens (including phenoxy) is 11. The molecule has 0 unspecified atom stereocenters. The van der Waals surface area contributed by atoms with Crippen LogP contribution in [-0.2, 0) is 106 Å². The number of nitrogens with two attached hydrogens (primary N) is 1. The smallest absolute Gasteiger partial charge is 0.220 e. The van der Waals surface area contributed by atoms with Gasteiger partial charge in [-0.2, -0.15) is 0 Å². The van der Waals surface area contributed by atoms with E-state index in [1.165, 1.54) is 9.36 Å². The molecule has 3 aliphatic rings. The fraction of sp³-hybridized carbons (Fsp3) is 0.847. The van der Waals surface area contributed by atoms with Gasteiger partial charge in [0.1, 0.15) is 41.5 Å². The van der Waals surface area contributed by atoms with Crippen molar-refractivity contribution in [1.29, 1.82) is 0 Å². The van der Waals surface area contributed by atoms with Crippen molar-refractivity contribution in [3.8, 4) is 0 Å². The van der Waals surface area contributed by atoms with Gasteiger partial charge in [-0.25, -0.2) is 0 Å². The van der Waals surface area contributed by atoms with Crippen molar-refractivity contribution in [2.75, 3.05) is 152 Å². The lowest BCUT2D eigenvalue weighted by Gasteiger charge is -2.36. The standard InChI is InChI=1S/C59H103N13O23/c60-59(6-3-50(76)61-9-12-85-15-18-88-21-24-91-38-45-30-70(67-64-45)27-41-1-2-42(33-73)54(80)53(41)79,7-4-51(77)62-10-13-86-16-19-89-22-25-92-39-46-31-71(68-65-46)28-43-36-94-48(34-74)57(83)55(43)81)8-5-52(78)63-11-14-87-17-20-90-23-26-93-40-47-32-72(69-66-47)29-44-37-95-49(35-75)58(84)56(44)82/h30-32,41-44,48-49,53-58,73-75,79-84H,1-29,33-40,60H2,(H,61,76)(H,62,77)(H,63,78)/t41-,42+,43+,44+,48+,49+,53+,54-,55+,56+,57-,58-/m0/s1. The van der Waals surface area contributed by atoms with Gasteiger partial charge in [-0.15, -0.1) is 15.3 Å². The Morgan fingerprint density at radius 3 is 1.06 bits per heavy atom. The van der Waals surface area contributed by atoms with E-state index >= 15 is 0 Å². The molecule has 6 rings (SSSR count). The van der Waals surface area contributed by atoms with Crippen molar-refractivity contribution in [2.45, 2.75) is 145 Å². The number of aliphatic hydroxyl groups is 9. The first-order valence-electron chi connectivity index (χ1n) is 32.7. The van der Waals surface area contributed by atoms with E-state index in [-0.39, 0.29) is 193 Å². The number of amides is 3. The van der Waals surface area contributed by atoms with Crippen molar-refractivity contribution < 1.29 is 112 Å². The normalized spacial score (nSPS) is 24.1. The van der Waals surface area contributed by atoms with Gasteiger partial charge in [-0.3, -0.25) is 28.4 Å². The molecule has 36 nitrogen and oxygen atoms in total. The van der Waals surface area contributed by atoms with E-state index in [9.17, 15) is 60.3 Å². The third-order valence-corrected chi connectivity index (χ3v) is 16.6. The number of carbonyl (C=O) groups excluding carboxylic acids is 3. The lowest BCUT2D eigenvalue weighted by molar-refractivity contribution is -0.177. The Morgan fingerprint density at radius 1 is 0.432 bits per heavy atom. The largest absolute Gasteiger partial charge is 0.396 e. The zero-order valence-corrected chi connectivity index (χ0v) is 54.2. The van der Waals surface area contributed by atoms with Crippen LogP contribution in [0.5, 0.6) is 0 Å². The van der Waals surface area contributed by atoms with Gasteiger partial charge in [0, 0.05) is 81.3 Å². The predicted octanol–water partition coefficient (Wildman–Crippen LogP) is -5.90. The Labute approximate surface area is 551 Å². The van der Waals surface area contributed by atoms with E-state index < -0.39 is 79.4 Å². The number of aliphatic hydroxyl groups excluding tert-OH is 9. The van der Waals surface area contributed by atoms with Crippen molar-refractivity contribution in [3.63, 3.8) is 0 Å². The zero-order valence-electron chi connectivity index (χ0n) is 54.2. The van der Waals surface area contributed by atoms with Crippen LogP contribution in [-0.4, -0.2) is 315 Å². The Morgan fingerprint density at radius 2 is 0.726 bits per heavy atom. The van der Waals surface area contributed by atoms with E-state index in [1.807, 2.05) is 0 Å². The van der Waals surface area contributed by atoms with Gasteiger partial charge < -0.3 is 120 Å². The maximum atomic E-state index is 13.0. The number of hydrogen-bond acceptors (Lipinski definition) is 30. The van der Waals surface area contributed by atoms with Crippen LogP contribution in [0.1, 0.15) is 68.4 Å². The highest BCUT2D eigenvalue weighted by molar-refractivity contribution is 5.77. The number of hydrogen-bond donors (Lipinski definition) is 13. The molecule has 2 aliphatic heterocycles.